The van der Waals surface area contributed by atoms with Crippen LogP contribution in [0, 0.1) is 13.8 Å². The summed E-state index contributed by atoms with van der Waals surface area (Å²) in [5, 5.41) is 14.9. The largest absolute Gasteiger partial charge is 0.481 e. The van der Waals surface area contributed by atoms with Crippen LogP contribution < -0.4 is 15.4 Å². The van der Waals surface area contributed by atoms with Gasteiger partial charge in [-0.2, -0.15) is 0 Å². The monoisotopic (exact) mass is 573 g/mol. The molecule has 10 heteroatoms. The summed E-state index contributed by atoms with van der Waals surface area (Å²) in [4.78, 5) is 25.1. The summed E-state index contributed by atoms with van der Waals surface area (Å²) in [5.74, 6) is 1.10. The topological polar surface area (TPSA) is 98.1 Å². The molecule has 0 saturated carbocycles. The molecule has 1 atom stereocenters. The number of nitrogens with zero attached hydrogens (tertiary/aromatic N) is 3. The predicted molar refractivity (Wildman–Crippen MR) is 146 cm³/mol. The van der Waals surface area contributed by atoms with Crippen LogP contribution in [0.1, 0.15) is 43.3 Å². The van der Waals surface area contributed by atoms with Gasteiger partial charge < -0.3 is 19.9 Å². The number of rotatable bonds is 11. The number of carbonyl (C=O) groups excluding carboxylic acids is 2. The minimum atomic E-state index is -0.654. The summed E-state index contributed by atoms with van der Waals surface area (Å²) >= 11 is 4.78. The van der Waals surface area contributed by atoms with Crippen LogP contribution in [0.5, 0.6) is 5.75 Å². The Labute approximate surface area is 224 Å². The first-order valence-corrected chi connectivity index (χ1v) is 13.6. The first-order valence-electron chi connectivity index (χ1n) is 11.9. The van der Waals surface area contributed by atoms with Crippen LogP contribution in [-0.4, -0.2) is 38.4 Å². The van der Waals surface area contributed by atoms with E-state index in [-0.39, 0.29) is 24.1 Å². The average Bonchev–Trinajstić information content (AvgIpc) is 3.25. The Morgan fingerprint density at radius 2 is 1.78 bits per heavy atom. The van der Waals surface area contributed by atoms with Crippen LogP contribution in [0.15, 0.2) is 46.0 Å². The third-order valence-electron chi connectivity index (χ3n) is 5.64. The van der Waals surface area contributed by atoms with Crippen molar-refractivity contribution < 1.29 is 14.3 Å². The minimum absolute atomic E-state index is 0.119. The van der Waals surface area contributed by atoms with E-state index in [1.165, 1.54) is 17.3 Å². The highest BCUT2D eigenvalue weighted by atomic mass is 79.9. The third kappa shape index (κ3) is 7.33. The molecule has 0 saturated heterocycles. The van der Waals surface area contributed by atoms with Crippen molar-refractivity contribution in [3.63, 3.8) is 0 Å². The average molecular weight is 575 g/mol. The Morgan fingerprint density at radius 3 is 2.39 bits per heavy atom. The maximum Gasteiger partial charge on any atom is 0.261 e. The smallest absolute Gasteiger partial charge is 0.261 e. The summed E-state index contributed by atoms with van der Waals surface area (Å²) in [7, 11) is 0. The van der Waals surface area contributed by atoms with Gasteiger partial charge in [0.05, 0.1) is 12.3 Å². The van der Waals surface area contributed by atoms with Gasteiger partial charge in [-0.25, -0.2) is 0 Å². The summed E-state index contributed by atoms with van der Waals surface area (Å²) in [5.41, 5.74) is 4.02. The van der Waals surface area contributed by atoms with Crippen molar-refractivity contribution in [2.45, 2.75) is 65.4 Å². The standard InChI is InChI=1S/C26H32BrN5O3S/c1-6-19-8-10-21(11-9-19)35-18(5)25(34)28-14-22-30-31-26(32(22)7-2)36-15-23(33)29-24-16(3)12-20(27)13-17(24)4/h8-13,18H,6-7,14-15H2,1-5H3,(H,28,34)(H,29,33)/t18-/m0/s1. The number of thioether (sulfide) groups is 1. The Kier molecular flexibility index (Phi) is 9.95. The number of nitrogens with one attached hydrogen (secondary N) is 2. The molecule has 1 aromatic heterocycles. The second kappa shape index (κ2) is 12.9. The van der Waals surface area contributed by atoms with Crippen molar-refractivity contribution in [3.05, 3.63) is 63.4 Å². The van der Waals surface area contributed by atoms with E-state index < -0.39 is 6.10 Å². The third-order valence-corrected chi connectivity index (χ3v) is 7.06. The van der Waals surface area contributed by atoms with Crippen molar-refractivity contribution in [3.8, 4) is 5.75 Å². The lowest BCUT2D eigenvalue weighted by atomic mass is 10.1. The number of hydrogen-bond acceptors (Lipinski definition) is 6. The van der Waals surface area contributed by atoms with E-state index in [0.717, 1.165) is 27.7 Å². The van der Waals surface area contributed by atoms with E-state index in [1.54, 1.807) is 6.92 Å². The Morgan fingerprint density at radius 1 is 1.11 bits per heavy atom. The molecule has 0 aliphatic carbocycles. The molecule has 2 N–H and O–H groups in total. The van der Waals surface area contributed by atoms with E-state index in [2.05, 4.69) is 43.7 Å². The van der Waals surface area contributed by atoms with Gasteiger partial charge in [0.2, 0.25) is 5.91 Å². The first-order chi connectivity index (χ1) is 17.2. The molecule has 2 amide bonds. The SMILES string of the molecule is CCc1ccc(O[C@@H](C)C(=O)NCc2nnc(SCC(=O)Nc3c(C)cc(Br)cc3C)n2CC)cc1. The zero-order chi connectivity index (χ0) is 26.2. The molecule has 1 heterocycles. The zero-order valence-corrected chi connectivity index (χ0v) is 23.6. The second-order valence-electron chi connectivity index (χ2n) is 8.37. The second-order valence-corrected chi connectivity index (χ2v) is 10.2. The van der Waals surface area contributed by atoms with Crippen molar-refractivity contribution >= 4 is 45.2 Å². The van der Waals surface area contributed by atoms with Gasteiger partial charge in [-0.15, -0.1) is 10.2 Å². The predicted octanol–water partition coefficient (Wildman–Crippen LogP) is 5.05. The number of anilines is 1. The molecule has 3 aromatic rings. The van der Waals surface area contributed by atoms with Gasteiger partial charge >= 0.3 is 0 Å². The van der Waals surface area contributed by atoms with E-state index in [4.69, 9.17) is 4.74 Å². The molecule has 36 heavy (non-hydrogen) atoms. The fourth-order valence-electron chi connectivity index (χ4n) is 3.66. The van der Waals surface area contributed by atoms with Gasteiger partial charge in [-0.3, -0.25) is 9.59 Å². The molecule has 8 nitrogen and oxygen atoms in total. The van der Waals surface area contributed by atoms with Crippen molar-refractivity contribution in [1.82, 2.24) is 20.1 Å². The van der Waals surface area contributed by atoms with E-state index in [0.29, 0.717) is 23.3 Å². The molecule has 0 aliphatic heterocycles. The van der Waals surface area contributed by atoms with Crippen molar-refractivity contribution in [2.75, 3.05) is 11.1 Å². The summed E-state index contributed by atoms with van der Waals surface area (Å²) in [6.45, 7) is 10.5. The van der Waals surface area contributed by atoms with Gasteiger partial charge in [-0.05, 0) is 75.1 Å². The molecule has 2 aromatic carbocycles. The quantitative estimate of drug-likeness (QED) is 0.311. The summed E-state index contributed by atoms with van der Waals surface area (Å²) in [6, 6.07) is 11.7. The first kappa shape index (κ1) is 27.7. The number of hydrogen-bond donors (Lipinski definition) is 2. The van der Waals surface area contributed by atoms with Crippen LogP contribution in [0.25, 0.3) is 0 Å². The molecule has 0 spiro atoms. The molecule has 3 rings (SSSR count). The Balaban J connectivity index is 1.53. The lowest BCUT2D eigenvalue weighted by molar-refractivity contribution is -0.127. The number of aryl methyl sites for hydroxylation is 3. The Bertz CT molecular complexity index is 1190. The van der Waals surface area contributed by atoms with Gasteiger partial charge in [0.25, 0.3) is 5.91 Å². The van der Waals surface area contributed by atoms with Crippen LogP contribution in [0.3, 0.4) is 0 Å². The highest BCUT2D eigenvalue weighted by molar-refractivity contribution is 9.10. The number of halogens is 1. The molecular formula is C26H32BrN5O3S. The van der Waals surface area contributed by atoms with Crippen LogP contribution in [0.2, 0.25) is 0 Å². The molecule has 0 fully saturated rings. The minimum Gasteiger partial charge on any atom is -0.481 e. The van der Waals surface area contributed by atoms with Gasteiger partial charge in [0.15, 0.2) is 17.1 Å². The molecular weight excluding hydrogens is 542 g/mol. The number of ether oxygens (including phenoxy) is 1. The lowest BCUT2D eigenvalue weighted by Gasteiger charge is -2.15. The van der Waals surface area contributed by atoms with Crippen LogP contribution in [-0.2, 0) is 29.1 Å². The number of carbonyl (C=O) groups is 2. The van der Waals surface area contributed by atoms with E-state index >= 15 is 0 Å². The lowest BCUT2D eigenvalue weighted by Crippen LogP contribution is -2.36. The molecule has 192 valence electrons. The van der Waals surface area contributed by atoms with Crippen LogP contribution >= 0.6 is 27.7 Å². The van der Waals surface area contributed by atoms with Gasteiger partial charge in [0, 0.05) is 16.7 Å². The molecule has 0 aliphatic rings. The maximum absolute atomic E-state index is 12.6. The number of aromatic nitrogens is 3. The molecule has 0 unspecified atom stereocenters. The molecule has 0 radical (unpaired) electrons. The number of benzene rings is 2. The van der Waals surface area contributed by atoms with E-state index in [9.17, 15) is 9.59 Å². The fourth-order valence-corrected chi connectivity index (χ4v) is 5.17. The highest BCUT2D eigenvalue weighted by Gasteiger charge is 2.18. The van der Waals surface area contributed by atoms with Crippen LogP contribution in [0.4, 0.5) is 5.69 Å². The van der Waals surface area contributed by atoms with E-state index in [1.807, 2.05) is 61.7 Å². The van der Waals surface area contributed by atoms with Crippen molar-refractivity contribution in [1.29, 1.82) is 0 Å². The summed E-state index contributed by atoms with van der Waals surface area (Å²) in [6.07, 6.45) is 0.294. The van der Waals surface area contributed by atoms with Gasteiger partial charge in [-0.1, -0.05) is 46.7 Å². The zero-order valence-electron chi connectivity index (χ0n) is 21.2. The van der Waals surface area contributed by atoms with Crippen molar-refractivity contribution in [2.24, 2.45) is 0 Å². The Hall–Kier alpha value is -2.85. The highest BCUT2D eigenvalue weighted by Crippen LogP contribution is 2.26. The number of amides is 2. The fraction of sp³-hybridized carbons (Fsp3) is 0.385. The summed E-state index contributed by atoms with van der Waals surface area (Å²) < 4.78 is 8.63. The van der Waals surface area contributed by atoms with Gasteiger partial charge in [0.1, 0.15) is 5.75 Å². The maximum atomic E-state index is 12.6. The normalized spacial score (nSPS) is 11.7. The molecule has 0 bridgehead atoms.